The molecule has 2 atom stereocenters. The van der Waals surface area contributed by atoms with E-state index in [0.717, 1.165) is 24.6 Å². The molecule has 2 aromatic rings. The quantitative estimate of drug-likeness (QED) is 0.809. The number of hydrogen-bond acceptors (Lipinski definition) is 5. The predicted molar refractivity (Wildman–Crippen MR) is 56.9 cm³/mol. The van der Waals surface area contributed by atoms with Gasteiger partial charge in [0.15, 0.2) is 5.82 Å². The van der Waals surface area contributed by atoms with Crippen LogP contribution >= 0.6 is 0 Å². The first kappa shape index (κ1) is 9.47. The van der Waals surface area contributed by atoms with Crippen LogP contribution < -0.4 is 5.32 Å². The van der Waals surface area contributed by atoms with Crippen LogP contribution in [0.4, 0.5) is 0 Å². The lowest BCUT2D eigenvalue weighted by molar-refractivity contribution is 0.402. The van der Waals surface area contributed by atoms with Crippen molar-refractivity contribution in [3.8, 4) is 0 Å². The van der Waals surface area contributed by atoms with Crippen molar-refractivity contribution in [3.63, 3.8) is 0 Å². The zero-order chi connectivity index (χ0) is 10.8. The molecule has 0 saturated carbocycles. The molecule has 1 saturated heterocycles. The zero-order valence-corrected chi connectivity index (χ0v) is 8.71. The number of nitrogens with zero attached hydrogens (tertiary/aromatic N) is 3. The van der Waals surface area contributed by atoms with Gasteiger partial charge in [0.1, 0.15) is 0 Å². The number of aromatic nitrogens is 3. The van der Waals surface area contributed by atoms with Gasteiger partial charge in [-0.05, 0) is 12.1 Å². The van der Waals surface area contributed by atoms with Crippen LogP contribution in [0.3, 0.4) is 0 Å². The SMILES string of the molecule is c1ccc([C@@H]2CNC[C@H]2c2ncon2)nc1. The highest BCUT2D eigenvalue weighted by Gasteiger charge is 2.33. The fourth-order valence-electron chi connectivity index (χ4n) is 2.20. The van der Waals surface area contributed by atoms with Crippen molar-refractivity contribution in [1.29, 1.82) is 0 Å². The molecule has 2 aromatic heterocycles. The van der Waals surface area contributed by atoms with E-state index >= 15 is 0 Å². The van der Waals surface area contributed by atoms with Gasteiger partial charge in [0, 0.05) is 36.8 Å². The molecule has 1 aliphatic heterocycles. The van der Waals surface area contributed by atoms with Crippen molar-refractivity contribution < 1.29 is 4.52 Å². The smallest absolute Gasteiger partial charge is 0.213 e. The van der Waals surface area contributed by atoms with Gasteiger partial charge in [-0.25, -0.2) is 0 Å². The molecule has 0 aromatic carbocycles. The Kier molecular flexibility index (Phi) is 2.38. The van der Waals surface area contributed by atoms with E-state index in [2.05, 4.69) is 20.4 Å². The van der Waals surface area contributed by atoms with E-state index in [0.29, 0.717) is 5.92 Å². The lowest BCUT2D eigenvalue weighted by atomic mass is 9.92. The summed E-state index contributed by atoms with van der Waals surface area (Å²) in [6.45, 7) is 1.79. The zero-order valence-electron chi connectivity index (χ0n) is 8.71. The second-order valence-corrected chi connectivity index (χ2v) is 3.92. The van der Waals surface area contributed by atoms with Crippen LogP contribution in [0.2, 0.25) is 0 Å². The minimum absolute atomic E-state index is 0.258. The van der Waals surface area contributed by atoms with Crippen molar-refractivity contribution in [2.45, 2.75) is 11.8 Å². The summed E-state index contributed by atoms with van der Waals surface area (Å²) in [5.74, 6) is 1.35. The average molecular weight is 216 g/mol. The molecule has 5 nitrogen and oxygen atoms in total. The molecule has 1 aliphatic rings. The highest BCUT2D eigenvalue weighted by molar-refractivity contribution is 5.19. The van der Waals surface area contributed by atoms with Gasteiger partial charge in [-0.2, -0.15) is 4.98 Å². The standard InChI is InChI=1S/C11H12N4O/c1-2-4-13-10(3-1)8-5-12-6-9(8)11-14-7-16-15-11/h1-4,7-9,12H,5-6H2/t8-,9-/m1/s1. The van der Waals surface area contributed by atoms with Crippen LogP contribution in [0, 0.1) is 0 Å². The highest BCUT2D eigenvalue weighted by Crippen LogP contribution is 2.32. The molecule has 0 spiro atoms. The summed E-state index contributed by atoms with van der Waals surface area (Å²) >= 11 is 0. The molecule has 5 heteroatoms. The third-order valence-electron chi connectivity index (χ3n) is 2.99. The summed E-state index contributed by atoms with van der Waals surface area (Å²) in [4.78, 5) is 8.52. The largest absolute Gasteiger partial charge is 0.343 e. The summed E-state index contributed by atoms with van der Waals surface area (Å²) in [6.07, 6.45) is 3.20. The second kappa shape index (κ2) is 4.02. The lowest BCUT2D eigenvalue weighted by Gasteiger charge is -2.14. The van der Waals surface area contributed by atoms with Crippen LogP contribution in [0.1, 0.15) is 23.4 Å². The Morgan fingerprint density at radius 2 is 2.12 bits per heavy atom. The van der Waals surface area contributed by atoms with Gasteiger partial charge in [-0.1, -0.05) is 11.2 Å². The van der Waals surface area contributed by atoms with Gasteiger partial charge in [0.2, 0.25) is 6.39 Å². The Balaban J connectivity index is 1.90. The highest BCUT2D eigenvalue weighted by atomic mass is 16.5. The van der Waals surface area contributed by atoms with Gasteiger partial charge in [-0.3, -0.25) is 4.98 Å². The average Bonchev–Trinajstić information content (AvgIpc) is 3.01. The van der Waals surface area contributed by atoms with Crippen molar-refractivity contribution >= 4 is 0 Å². The normalized spacial score (nSPS) is 24.8. The molecule has 0 aliphatic carbocycles. The Bertz CT molecular complexity index is 442. The van der Waals surface area contributed by atoms with E-state index < -0.39 is 0 Å². The van der Waals surface area contributed by atoms with Gasteiger partial charge >= 0.3 is 0 Å². The first-order valence-corrected chi connectivity index (χ1v) is 5.33. The topological polar surface area (TPSA) is 63.8 Å². The monoisotopic (exact) mass is 216 g/mol. The maximum absolute atomic E-state index is 4.80. The fourth-order valence-corrected chi connectivity index (χ4v) is 2.20. The van der Waals surface area contributed by atoms with E-state index in [1.165, 1.54) is 6.39 Å². The van der Waals surface area contributed by atoms with E-state index in [1.54, 1.807) is 0 Å². The third kappa shape index (κ3) is 1.59. The van der Waals surface area contributed by atoms with Crippen LogP contribution in [0.15, 0.2) is 35.3 Å². The predicted octanol–water partition coefficient (Wildman–Crippen LogP) is 0.935. The summed E-state index contributed by atoms with van der Waals surface area (Å²) in [5.41, 5.74) is 1.09. The Hall–Kier alpha value is -1.75. The molecule has 0 unspecified atom stereocenters. The van der Waals surface area contributed by atoms with Crippen molar-refractivity contribution in [3.05, 3.63) is 42.3 Å². The van der Waals surface area contributed by atoms with Crippen LogP contribution in [-0.4, -0.2) is 28.2 Å². The molecule has 1 N–H and O–H groups in total. The van der Waals surface area contributed by atoms with Crippen molar-refractivity contribution in [2.24, 2.45) is 0 Å². The summed E-state index contributed by atoms with van der Waals surface area (Å²) in [5, 5.41) is 7.27. The number of nitrogens with one attached hydrogen (secondary N) is 1. The summed E-state index contributed by atoms with van der Waals surface area (Å²) < 4.78 is 4.80. The molecule has 0 amide bonds. The van der Waals surface area contributed by atoms with Crippen LogP contribution in [0.25, 0.3) is 0 Å². The molecule has 16 heavy (non-hydrogen) atoms. The van der Waals surface area contributed by atoms with Crippen LogP contribution in [0.5, 0.6) is 0 Å². The van der Waals surface area contributed by atoms with E-state index in [4.69, 9.17) is 4.52 Å². The molecule has 3 rings (SSSR count). The summed E-state index contributed by atoms with van der Waals surface area (Å²) in [7, 11) is 0. The minimum Gasteiger partial charge on any atom is -0.343 e. The van der Waals surface area contributed by atoms with Gasteiger partial charge in [0.25, 0.3) is 0 Å². The first-order chi connectivity index (χ1) is 7.95. The number of pyridine rings is 1. The Morgan fingerprint density at radius 3 is 2.88 bits per heavy atom. The van der Waals surface area contributed by atoms with E-state index in [1.807, 2.05) is 24.4 Å². The molecular weight excluding hydrogens is 204 g/mol. The van der Waals surface area contributed by atoms with Crippen LogP contribution in [-0.2, 0) is 0 Å². The maximum Gasteiger partial charge on any atom is 0.213 e. The molecule has 3 heterocycles. The third-order valence-corrected chi connectivity index (χ3v) is 2.99. The van der Waals surface area contributed by atoms with Crippen molar-refractivity contribution in [1.82, 2.24) is 20.4 Å². The van der Waals surface area contributed by atoms with Gasteiger partial charge in [-0.15, -0.1) is 0 Å². The van der Waals surface area contributed by atoms with Gasteiger partial charge in [0.05, 0.1) is 0 Å². The second-order valence-electron chi connectivity index (χ2n) is 3.92. The lowest BCUT2D eigenvalue weighted by Crippen LogP contribution is -2.11. The molecule has 0 radical (unpaired) electrons. The minimum atomic E-state index is 0.258. The van der Waals surface area contributed by atoms with Crippen molar-refractivity contribution in [2.75, 3.05) is 13.1 Å². The molecular formula is C11H12N4O. The molecule has 0 bridgehead atoms. The maximum atomic E-state index is 4.80. The Morgan fingerprint density at radius 1 is 1.19 bits per heavy atom. The van der Waals surface area contributed by atoms with E-state index in [9.17, 15) is 0 Å². The van der Waals surface area contributed by atoms with E-state index in [-0.39, 0.29) is 5.92 Å². The summed E-state index contributed by atoms with van der Waals surface area (Å²) in [6, 6.07) is 5.98. The number of rotatable bonds is 2. The first-order valence-electron chi connectivity index (χ1n) is 5.33. The Labute approximate surface area is 92.9 Å². The molecule has 1 fully saturated rings. The number of hydrogen-bond donors (Lipinski definition) is 1. The van der Waals surface area contributed by atoms with Gasteiger partial charge < -0.3 is 9.84 Å². The fraction of sp³-hybridized carbons (Fsp3) is 0.364. The molecule has 82 valence electrons.